The molecule has 0 aromatic carbocycles. The third-order valence-electron chi connectivity index (χ3n) is 2.05. The highest BCUT2D eigenvalue weighted by atomic mass is 16.5. The fourth-order valence-corrected chi connectivity index (χ4v) is 1.19. The second kappa shape index (κ2) is 2.58. The van der Waals surface area contributed by atoms with Gasteiger partial charge in [-0.3, -0.25) is 4.79 Å². The Balaban J connectivity index is 2.57. The molecule has 0 aromatic heterocycles. The van der Waals surface area contributed by atoms with E-state index in [1.807, 2.05) is 0 Å². The van der Waals surface area contributed by atoms with Gasteiger partial charge >= 0.3 is 5.97 Å². The number of hydrogen-bond acceptors (Lipinski definition) is 3. The van der Waals surface area contributed by atoms with Gasteiger partial charge in [-0.2, -0.15) is 0 Å². The Bertz CT molecular complexity index is 142. The molecule has 1 rings (SSSR count). The highest BCUT2D eigenvalue weighted by Gasteiger charge is 2.35. The number of aliphatic hydroxyl groups is 1. The van der Waals surface area contributed by atoms with Gasteiger partial charge in [-0.15, -0.1) is 0 Å². The molecule has 10 heavy (non-hydrogen) atoms. The van der Waals surface area contributed by atoms with Crippen molar-refractivity contribution in [1.82, 2.24) is 0 Å². The zero-order chi connectivity index (χ0) is 7.72. The van der Waals surface area contributed by atoms with Gasteiger partial charge in [-0.05, 0) is 6.92 Å². The van der Waals surface area contributed by atoms with Crippen LogP contribution in [0.4, 0.5) is 0 Å². The predicted molar refractivity (Wildman–Crippen MR) is 35.3 cm³/mol. The lowest BCUT2D eigenvalue weighted by atomic mass is 9.93. The molecule has 3 atom stereocenters. The molecular weight excluding hydrogens is 132 g/mol. The SMILES string of the molecule is C[C@@H](O)[C@H]1COC(=O)[C@@H]1C. The summed E-state index contributed by atoms with van der Waals surface area (Å²) in [6.45, 7) is 3.84. The first-order valence-corrected chi connectivity index (χ1v) is 3.47. The van der Waals surface area contributed by atoms with Crippen molar-refractivity contribution >= 4 is 5.97 Å². The van der Waals surface area contributed by atoms with Crippen LogP contribution in [0.3, 0.4) is 0 Å². The van der Waals surface area contributed by atoms with E-state index in [1.165, 1.54) is 0 Å². The molecule has 0 bridgehead atoms. The molecule has 3 heteroatoms. The van der Waals surface area contributed by atoms with E-state index in [4.69, 9.17) is 9.84 Å². The summed E-state index contributed by atoms with van der Waals surface area (Å²) in [4.78, 5) is 10.8. The lowest BCUT2D eigenvalue weighted by molar-refractivity contribution is -0.140. The lowest BCUT2D eigenvalue weighted by Crippen LogP contribution is -2.23. The van der Waals surface area contributed by atoms with Crippen molar-refractivity contribution in [1.29, 1.82) is 0 Å². The van der Waals surface area contributed by atoms with Crippen LogP contribution in [0.25, 0.3) is 0 Å². The summed E-state index contributed by atoms with van der Waals surface area (Å²) in [5.74, 6) is -0.335. The van der Waals surface area contributed by atoms with Gasteiger partial charge in [0, 0.05) is 5.92 Å². The molecule has 0 aromatic rings. The maximum atomic E-state index is 10.8. The van der Waals surface area contributed by atoms with Crippen molar-refractivity contribution in [2.45, 2.75) is 20.0 Å². The number of rotatable bonds is 1. The van der Waals surface area contributed by atoms with Crippen molar-refractivity contribution in [2.75, 3.05) is 6.61 Å². The van der Waals surface area contributed by atoms with Crippen LogP contribution in [0.1, 0.15) is 13.8 Å². The number of ether oxygens (including phenoxy) is 1. The summed E-state index contributed by atoms with van der Waals surface area (Å²) in [6, 6.07) is 0. The molecule has 58 valence electrons. The molecule has 0 amide bonds. The van der Waals surface area contributed by atoms with E-state index in [-0.39, 0.29) is 17.8 Å². The first kappa shape index (κ1) is 7.54. The van der Waals surface area contributed by atoms with Gasteiger partial charge in [0.1, 0.15) is 0 Å². The van der Waals surface area contributed by atoms with Gasteiger partial charge in [-0.25, -0.2) is 0 Å². The summed E-state index contributed by atoms with van der Waals surface area (Å²) in [5.41, 5.74) is 0. The van der Waals surface area contributed by atoms with Crippen LogP contribution >= 0.6 is 0 Å². The number of carbonyl (C=O) groups excluding carboxylic acids is 1. The molecule has 0 saturated carbocycles. The van der Waals surface area contributed by atoms with Crippen LogP contribution in [-0.4, -0.2) is 23.8 Å². The van der Waals surface area contributed by atoms with Crippen molar-refractivity contribution in [2.24, 2.45) is 11.8 Å². The van der Waals surface area contributed by atoms with E-state index in [2.05, 4.69) is 0 Å². The number of esters is 1. The summed E-state index contributed by atoms with van der Waals surface area (Å²) in [6.07, 6.45) is -0.443. The maximum absolute atomic E-state index is 10.8. The normalized spacial score (nSPS) is 35.7. The molecular formula is C7H12O3. The summed E-state index contributed by atoms with van der Waals surface area (Å²) in [5, 5.41) is 9.11. The highest BCUT2D eigenvalue weighted by Crippen LogP contribution is 2.24. The van der Waals surface area contributed by atoms with E-state index >= 15 is 0 Å². The van der Waals surface area contributed by atoms with Crippen LogP contribution in [0.5, 0.6) is 0 Å². The van der Waals surface area contributed by atoms with Crippen molar-refractivity contribution in [3.8, 4) is 0 Å². The average Bonchev–Trinajstić information content (AvgIpc) is 2.14. The standard InChI is InChI=1S/C7H12O3/c1-4-6(5(2)8)3-10-7(4)9/h4-6,8H,3H2,1-2H3/t4-,5-,6+/m1/s1. The van der Waals surface area contributed by atoms with Gasteiger partial charge in [0.2, 0.25) is 0 Å². The van der Waals surface area contributed by atoms with Crippen LogP contribution in [0, 0.1) is 11.8 Å². The third-order valence-corrected chi connectivity index (χ3v) is 2.05. The Morgan fingerprint density at radius 2 is 2.40 bits per heavy atom. The van der Waals surface area contributed by atoms with Crippen molar-refractivity contribution in [3.05, 3.63) is 0 Å². The van der Waals surface area contributed by atoms with E-state index in [1.54, 1.807) is 13.8 Å². The molecule has 0 aliphatic carbocycles. The fraction of sp³-hybridized carbons (Fsp3) is 0.857. The maximum Gasteiger partial charge on any atom is 0.309 e. The number of carbonyl (C=O) groups is 1. The first-order valence-electron chi connectivity index (χ1n) is 3.47. The van der Waals surface area contributed by atoms with Gasteiger partial charge in [-0.1, -0.05) is 6.92 Å². The molecule has 1 N–H and O–H groups in total. The summed E-state index contributed by atoms with van der Waals surface area (Å²) in [7, 11) is 0. The minimum absolute atomic E-state index is 0.00694. The second-order valence-corrected chi connectivity index (χ2v) is 2.82. The molecule has 1 fully saturated rings. The molecule has 0 unspecified atom stereocenters. The lowest BCUT2D eigenvalue weighted by Gasteiger charge is -2.12. The first-order chi connectivity index (χ1) is 4.63. The van der Waals surface area contributed by atoms with Crippen LogP contribution in [0.15, 0.2) is 0 Å². The zero-order valence-electron chi connectivity index (χ0n) is 6.20. The summed E-state index contributed by atoms with van der Waals surface area (Å²) < 4.78 is 4.74. The molecule has 0 radical (unpaired) electrons. The Hall–Kier alpha value is -0.570. The Kier molecular flexibility index (Phi) is 1.94. The van der Waals surface area contributed by atoms with Gasteiger partial charge in [0.25, 0.3) is 0 Å². The fourth-order valence-electron chi connectivity index (χ4n) is 1.19. The predicted octanol–water partition coefficient (Wildman–Crippen LogP) is 0.176. The van der Waals surface area contributed by atoms with E-state index in [9.17, 15) is 4.79 Å². The van der Waals surface area contributed by atoms with E-state index in [0.717, 1.165) is 0 Å². The van der Waals surface area contributed by atoms with Gasteiger partial charge in [0.15, 0.2) is 0 Å². The molecule has 1 heterocycles. The van der Waals surface area contributed by atoms with Crippen LogP contribution in [-0.2, 0) is 9.53 Å². The number of hydrogen-bond donors (Lipinski definition) is 1. The quantitative estimate of drug-likeness (QED) is 0.534. The molecule has 1 aliphatic rings. The van der Waals surface area contributed by atoms with Gasteiger partial charge in [0.05, 0.1) is 18.6 Å². The minimum Gasteiger partial charge on any atom is -0.465 e. The van der Waals surface area contributed by atoms with Crippen molar-refractivity contribution < 1.29 is 14.6 Å². The minimum atomic E-state index is -0.443. The molecule has 0 spiro atoms. The number of aliphatic hydroxyl groups excluding tert-OH is 1. The number of cyclic esters (lactones) is 1. The van der Waals surface area contributed by atoms with E-state index in [0.29, 0.717) is 6.61 Å². The monoisotopic (exact) mass is 144 g/mol. The van der Waals surface area contributed by atoms with Crippen LogP contribution in [0.2, 0.25) is 0 Å². The topological polar surface area (TPSA) is 46.5 Å². The third kappa shape index (κ3) is 1.14. The Morgan fingerprint density at radius 1 is 1.80 bits per heavy atom. The molecule has 3 nitrogen and oxygen atoms in total. The smallest absolute Gasteiger partial charge is 0.309 e. The molecule has 1 saturated heterocycles. The Morgan fingerprint density at radius 3 is 2.60 bits per heavy atom. The summed E-state index contributed by atoms with van der Waals surface area (Å²) >= 11 is 0. The zero-order valence-corrected chi connectivity index (χ0v) is 6.20. The highest BCUT2D eigenvalue weighted by molar-refractivity contribution is 5.74. The van der Waals surface area contributed by atoms with Crippen LogP contribution < -0.4 is 0 Å². The average molecular weight is 144 g/mol. The Labute approximate surface area is 60.0 Å². The second-order valence-electron chi connectivity index (χ2n) is 2.82. The largest absolute Gasteiger partial charge is 0.465 e. The van der Waals surface area contributed by atoms with E-state index < -0.39 is 6.10 Å². The van der Waals surface area contributed by atoms with Crippen molar-refractivity contribution in [3.63, 3.8) is 0 Å². The molecule has 1 aliphatic heterocycles. The van der Waals surface area contributed by atoms with Gasteiger partial charge < -0.3 is 9.84 Å².